The minimum absolute atomic E-state index is 0.319. The summed E-state index contributed by atoms with van der Waals surface area (Å²) in [5.74, 6) is 1.38. The largest absolute Gasteiger partial charge is 0.297 e. The molecule has 3 atom stereocenters. The molecule has 1 aliphatic rings. The normalized spacial score (nSPS) is 25.2. The van der Waals surface area contributed by atoms with Crippen LogP contribution < -0.4 is 15.7 Å². The highest BCUT2D eigenvalue weighted by atomic mass is 31.2. The van der Waals surface area contributed by atoms with Crippen LogP contribution in [-0.4, -0.2) is 6.04 Å². The SMILES string of the molecule is C[C@@H]1CC(NP(=O)(c2ccccc2)c2ccccc2)C[C@H](C)C1. The maximum absolute atomic E-state index is 14.0. The molecule has 2 aromatic rings. The lowest BCUT2D eigenvalue weighted by molar-refractivity contribution is 0.258. The monoisotopic (exact) mass is 327 g/mol. The molecule has 0 aliphatic heterocycles. The lowest BCUT2D eigenvalue weighted by Gasteiger charge is -2.35. The second-order valence-electron chi connectivity index (χ2n) is 7.02. The molecule has 1 aliphatic carbocycles. The van der Waals surface area contributed by atoms with Crippen LogP contribution in [0.4, 0.5) is 0 Å². The molecule has 3 rings (SSSR count). The molecule has 3 heteroatoms. The smallest absolute Gasteiger partial charge is 0.204 e. The molecule has 1 saturated carbocycles. The Morgan fingerprint density at radius 2 is 1.22 bits per heavy atom. The third kappa shape index (κ3) is 3.76. The van der Waals surface area contributed by atoms with Crippen molar-refractivity contribution in [3.63, 3.8) is 0 Å². The molecule has 2 nitrogen and oxygen atoms in total. The Bertz CT molecular complexity index is 617. The second kappa shape index (κ2) is 7.03. The maximum atomic E-state index is 14.0. The molecule has 0 spiro atoms. The van der Waals surface area contributed by atoms with E-state index in [0.29, 0.717) is 17.9 Å². The molecule has 0 aromatic heterocycles. The summed E-state index contributed by atoms with van der Waals surface area (Å²) in [7, 11) is -2.80. The molecule has 0 heterocycles. The van der Waals surface area contributed by atoms with Gasteiger partial charge in [-0.2, -0.15) is 0 Å². The Balaban J connectivity index is 1.95. The first-order valence-electron chi connectivity index (χ1n) is 8.57. The summed E-state index contributed by atoms with van der Waals surface area (Å²) < 4.78 is 14.0. The van der Waals surface area contributed by atoms with Gasteiger partial charge in [0.05, 0.1) is 0 Å². The number of nitrogens with one attached hydrogen (secondary N) is 1. The van der Waals surface area contributed by atoms with E-state index in [1.165, 1.54) is 6.42 Å². The summed E-state index contributed by atoms with van der Waals surface area (Å²) in [5, 5.41) is 5.38. The van der Waals surface area contributed by atoms with Crippen molar-refractivity contribution >= 4 is 17.9 Å². The quantitative estimate of drug-likeness (QED) is 0.847. The lowest BCUT2D eigenvalue weighted by atomic mass is 9.81. The van der Waals surface area contributed by atoms with Gasteiger partial charge in [0.1, 0.15) is 0 Å². The van der Waals surface area contributed by atoms with Crippen molar-refractivity contribution in [1.29, 1.82) is 0 Å². The summed E-state index contributed by atoms with van der Waals surface area (Å²) >= 11 is 0. The van der Waals surface area contributed by atoms with Crippen LogP contribution in [0.15, 0.2) is 60.7 Å². The van der Waals surface area contributed by atoms with E-state index in [4.69, 9.17) is 0 Å². The van der Waals surface area contributed by atoms with E-state index in [-0.39, 0.29) is 0 Å². The predicted octanol–water partition coefficient (Wildman–Crippen LogP) is 4.33. The molecule has 2 aromatic carbocycles. The lowest BCUT2D eigenvalue weighted by Crippen LogP contribution is -2.39. The van der Waals surface area contributed by atoms with E-state index in [1.54, 1.807) is 0 Å². The first-order valence-corrected chi connectivity index (χ1v) is 10.3. The molecule has 1 fully saturated rings. The van der Waals surface area contributed by atoms with E-state index in [0.717, 1.165) is 23.5 Å². The van der Waals surface area contributed by atoms with Crippen molar-refractivity contribution in [3.8, 4) is 0 Å². The van der Waals surface area contributed by atoms with Crippen molar-refractivity contribution < 1.29 is 4.57 Å². The summed E-state index contributed by atoms with van der Waals surface area (Å²) in [6.45, 7) is 4.61. The molecular formula is C20H26NOP. The average molecular weight is 327 g/mol. The fourth-order valence-electron chi connectivity index (χ4n) is 3.88. The second-order valence-corrected chi connectivity index (χ2v) is 9.53. The van der Waals surface area contributed by atoms with Crippen LogP contribution in [-0.2, 0) is 4.57 Å². The van der Waals surface area contributed by atoms with Gasteiger partial charge in [0.2, 0.25) is 7.29 Å². The summed E-state index contributed by atoms with van der Waals surface area (Å²) in [6, 6.07) is 20.1. The molecule has 23 heavy (non-hydrogen) atoms. The topological polar surface area (TPSA) is 29.1 Å². The summed E-state index contributed by atoms with van der Waals surface area (Å²) in [4.78, 5) is 0. The highest BCUT2D eigenvalue weighted by molar-refractivity contribution is 7.76. The Morgan fingerprint density at radius 3 is 1.65 bits per heavy atom. The van der Waals surface area contributed by atoms with E-state index in [9.17, 15) is 4.57 Å². The minimum atomic E-state index is -2.80. The van der Waals surface area contributed by atoms with E-state index < -0.39 is 7.29 Å². The first-order chi connectivity index (χ1) is 11.1. The van der Waals surface area contributed by atoms with E-state index in [2.05, 4.69) is 18.9 Å². The third-order valence-electron chi connectivity index (χ3n) is 4.78. The molecule has 0 radical (unpaired) electrons. The molecule has 0 saturated heterocycles. The van der Waals surface area contributed by atoms with Gasteiger partial charge >= 0.3 is 0 Å². The molecule has 122 valence electrons. The first kappa shape index (κ1) is 16.5. The molecule has 1 N–H and O–H groups in total. The Kier molecular flexibility index (Phi) is 5.04. The highest BCUT2D eigenvalue weighted by Gasteiger charge is 2.33. The van der Waals surface area contributed by atoms with Gasteiger partial charge in [-0.25, -0.2) is 0 Å². The van der Waals surface area contributed by atoms with Gasteiger partial charge in [0.25, 0.3) is 0 Å². The maximum Gasteiger partial charge on any atom is 0.204 e. The standard InChI is InChI=1S/C20H26NOP/c1-16-13-17(2)15-18(14-16)21-23(22,19-9-5-3-6-10-19)20-11-7-4-8-12-20/h3-12,16-18H,13-15H2,1-2H3,(H,21,22)/t16-,17+,18?. The van der Waals surface area contributed by atoms with Crippen molar-refractivity contribution in [2.75, 3.05) is 0 Å². The van der Waals surface area contributed by atoms with Crippen LogP contribution in [0.2, 0.25) is 0 Å². The van der Waals surface area contributed by atoms with Crippen LogP contribution in [0.5, 0.6) is 0 Å². The van der Waals surface area contributed by atoms with Crippen molar-refractivity contribution in [3.05, 3.63) is 60.7 Å². The summed E-state index contributed by atoms with van der Waals surface area (Å²) in [5.41, 5.74) is 0. The Morgan fingerprint density at radius 1 is 0.783 bits per heavy atom. The zero-order valence-corrected chi connectivity index (χ0v) is 14.9. The zero-order chi connectivity index (χ0) is 16.3. The van der Waals surface area contributed by atoms with Crippen molar-refractivity contribution in [1.82, 2.24) is 5.09 Å². The number of benzene rings is 2. The average Bonchev–Trinajstić information content (AvgIpc) is 2.55. The van der Waals surface area contributed by atoms with Gasteiger partial charge in [-0.1, -0.05) is 50.2 Å². The minimum Gasteiger partial charge on any atom is -0.297 e. The molecule has 0 bridgehead atoms. The van der Waals surface area contributed by atoms with Crippen molar-refractivity contribution in [2.45, 2.75) is 39.2 Å². The molecule has 0 amide bonds. The predicted molar refractivity (Wildman–Crippen MR) is 98.9 cm³/mol. The van der Waals surface area contributed by atoms with Gasteiger partial charge in [0, 0.05) is 16.7 Å². The van der Waals surface area contributed by atoms with Crippen LogP contribution in [0, 0.1) is 11.8 Å². The number of hydrogen-bond acceptors (Lipinski definition) is 1. The van der Waals surface area contributed by atoms with Crippen molar-refractivity contribution in [2.24, 2.45) is 11.8 Å². The molecular weight excluding hydrogens is 301 g/mol. The Hall–Kier alpha value is -1.37. The van der Waals surface area contributed by atoms with Crippen LogP contribution in [0.1, 0.15) is 33.1 Å². The third-order valence-corrected chi connectivity index (χ3v) is 7.56. The zero-order valence-electron chi connectivity index (χ0n) is 14.0. The van der Waals surface area contributed by atoms with Crippen LogP contribution >= 0.6 is 7.29 Å². The highest BCUT2D eigenvalue weighted by Crippen LogP contribution is 2.42. The van der Waals surface area contributed by atoms with Gasteiger partial charge < -0.3 is 0 Å². The fourth-order valence-corrected chi connectivity index (χ4v) is 6.39. The van der Waals surface area contributed by atoms with Gasteiger partial charge in [-0.05, 0) is 55.4 Å². The fraction of sp³-hybridized carbons (Fsp3) is 0.400. The van der Waals surface area contributed by atoms with E-state index >= 15 is 0 Å². The Labute approximate surface area is 139 Å². The summed E-state index contributed by atoms with van der Waals surface area (Å²) in [6.07, 6.45) is 3.49. The van der Waals surface area contributed by atoms with Gasteiger partial charge in [0.15, 0.2) is 0 Å². The van der Waals surface area contributed by atoms with Crippen LogP contribution in [0.25, 0.3) is 0 Å². The van der Waals surface area contributed by atoms with E-state index in [1.807, 2.05) is 60.7 Å². The molecule has 1 unspecified atom stereocenters. The van der Waals surface area contributed by atoms with Crippen LogP contribution in [0.3, 0.4) is 0 Å². The number of hydrogen-bond donors (Lipinski definition) is 1. The van der Waals surface area contributed by atoms with Gasteiger partial charge in [-0.15, -0.1) is 0 Å². The van der Waals surface area contributed by atoms with Gasteiger partial charge in [-0.3, -0.25) is 9.65 Å². The number of rotatable bonds is 4.